The lowest BCUT2D eigenvalue weighted by atomic mass is 9.99. The Kier molecular flexibility index (Phi) is 8.95. The Morgan fingerprint density at radius 3 is 2.52 bits per heavy atom. The molecule has 1 aromatic rings. The van der Waals surface area contributed by atoms with Gasteiger partial charge in [-0.15, -0.1) is 11.8 Å². The molecule has 0 saturated heterocycles. The van der Waals surface area contributed by atoms with Crippen LogP contribution >= 0.6 is 27.7 Å². The zero-order valence-corrected chi connectivity index (χ0v) is 16.0. The van der Waals surface area contributed by atoms with E-state index in [1.807, 2.05) is 11.8 Å². The highest BCUT2D eigenvalue weighted by molar-refractivity contribution is 9.10. The standard InChI is InChI=1S/C17H28BrNOS/c1-5-12-19-15(10-11-17(2,3)20-4)13-21-16-8-6-14(18)7-9-16/h6-9,15,19H,5,10-13H2,1-4H3. The molecule has 0 aromatic heterocycles. The number of nitrogens with one attached hydrogen (secondary N) is 1. The average Bonchev–Trinajstić information content (AvgIpc) is 2.48. The topological polar surface area (TPSA) is 21.3 Å². The van der Waals surface area contributed by atoms with Gasteiger partial charge in [0.15, 0.2) is 0 Å². The van der Waals surface area contributed by atoms with Gasteiger partial charge in [0.05, 0.1) is 5.60 Å². The van der Waals surface area contributed by atoms with E-state index in [2.05, 4.69) is 66.3 Å². The molecule has 0 aliphatic carbocycles. The summed E-state index contributed by atoms with van der Waals surface area (Å²) >= 11 is 5.40. The smallest absolute Gasteiger partial charge is 0.0623 e. The third-order valence-corrected chi connectivity index (χ3v) is 5.30. The first-order chi connectivity index (χ1) is 9.96. The van der Waals surface area contributed by atoms with Crippen molar-refractivity contribution >= 4 is 27.7 Å². The van der Waals surface area contributed by atoms with E-state index < -0.39 is 0 Å². The summed E-state index contributed by atoms with van der Waals surface area (Å²) in [6, 6.07) is 9.08. The lowest BCUT2D eigenvalue weighted by Gasteiger charge is -2.26. The van der Waals surface area contributed by atoms with Crippen LogP contribution in [0.1, 0.15) is 40.0 Å². The predicted molar refractivity (Wildman–Crippen MR) is 97.3 cm³/mol. The summed E-state index contributed by atoms with van der Waals surface area (Å²) < 4.78 is 6.66. The van der Waals surface area contributed by atoms with E-state index in [1.54, 1.807) is 7.11 Å². The van der Waals surface area contributed by atoms with Gasteiger partial charge in [-0.25, -0.2) is 0 Å². The first-order valence-electron chi connectivity index (χ1n) is 7.63. The highest BCUT2D eigenvalue weighted by Gasteiger charge is 2.19. The van der Waals surface area contributed by atoms with Crippen LogP contribution in [0, 0.1) is 0 Å². The summed E-state index contributed by atoms with van der Waals surface area (Å²) in [6.45, 7) is 7.61. The summed E-state index contributed by atoms with van der Waals surface area (Å²) in [4.78, 5) is 1.33. The SMILES string of the molecule is CCCNC(CCC(C)(C)OC)CSc1ccc(Br)cc1. The molecular weight excluding hydrogens is 346 g/mol. The summed E-state index contributed by atoms with van der Waals surface area (Å²) in [5.41, 5.74) is -0.0333. The van der Waals surface area contributed by atoms with E-state index in [0.717, 1.165) is 29.6 Å². The summed E-state index contributed by atoms with van der Waals surface area (Å²) in [5, 5.41) is 3.66. The third-order valence-electron chi connectivity index (χ3n) is 3.60. The van der Waals surface area contributed by atoms with Crippen molar-refractivity contribution in [2.24, 2.45) is 0 Å². The minimum atomic E-state index is -0.0333. The Labute approximate surface area is 142 Å². The molecule has 1 atom stereocenters. The van der Waals surface area contributed by atoms with Crippen molar-refractivity contribution in [2.45, 2.75) is 56.6 Å². The predicted octanol–water partition coefficient (Wildman–Crippen LogP) is 5.11. The van der Waals surface area contributed by atoms with E-state index in [9.17, 15) is 0 Å². The number of hydrogen-bond acceptors (Lipinski definition) is 3. The van der Waals surface area contributed by atoms with Gasteiger partial charge in [-0.05, 0) is 63.9 Å². The highest BCUT2D eigenvalue weighted by Crippen LogP contribution is 2.24. The molecule has 0 heterocycles. The van der Waals surface area contributed by atoms with Crippen LogP contribution in [0.4, 0.5) is 0 Å². The number of rotatable bonds is 10. The quantitative estimate of drug-likeness (QED) is 0.575. The normalized spacial score (nSPS) is 13.4. The van der Waals surface area contributed by atoms with Crippen molar-refractivity contribution in [3.05, 3.63) is 28.7 Å². The number of ether oxygens (including phenoxy) is 1. The van der Waals surface area contributed by atoms with Gasteiger partial charge in [0.2, 0.25) is 0 Å². The fourth-order valence-electron chi connectivity index (χ4n) is 1.94. The molecule has 2 nitrogen and oxygen atoms in total. The Bertz CT molecular complexity index is 394. The average molecular weight is 374 g/mol. The maximum absolute atomic E-state index is 5.53. The molecule has 1 rings (SSSR count). The highest BCUT2D eigenvalue weighted by atomic mass is 79.9. The van der Waals surface area contributed by atoms with Crippen LogP contribution in [0.5, 0.6) is 0 Å². The summed E-state index contributed by atoms with van der Waals surface area (Å²) in [7, 11) is 1.80. The summed E-state index contributed by atoms with van der Waals surface area (Å²) in [6.07, 6.45) is 3.39. The van der Waals surface area contributed by atoms with Crippen LogP contribution in [0.2, 0.25) is 0 Å². The Morgan fingerprint density at radius 2 is 1.95 bits per heavy atom. The molecule has 0 aliphatic rings. The minimum Gasteiger partial charge on any atom is -0.379 e. The van der Waals surface area contributed by atoms with E-state index >= 15 is 0 Å². The van der Waals surface area contributed by atoms with Crippen molar-refractivity contribution in [1.82, 2.24) is 5.32 Å². The molecular formula is C17H28BrNOS. The molecule has 0 amide bonds. The van der Waals surface area contributed by atoms with Crippen LogP contribution in [0.25, 0.3) is 0 Å². The molecule has 0 aliphatic heterocycles. The second kappa shape index (κ2) is 9.88. The Hall–Kier alpha value is -0.0300. The monoisotopic (exact) mass is 373 g/mol. The van der Waals surface area contributed by atoms with Crippen molar-refractivity contribution in [3.63, 3.8) is 0 Å². The van der Waals surface area contributed by atoms with Crippen LogP contribution in [0.3, 0.4) is 0 Å². The van der Waals surface area contributed by atoms with E-state index in [1.165, 1.54) is 11.3 Å². The first kappa shape index (κ1) is 19.0. The van der Waals surface area contributed by atoms with Crippen molar-refractivity contribution < 1.29 is 4.74 Å². The molecule has 1 aromatic carbocycles. The third kappa shape index (κ3) is 8.24. The maximum Gasteiger partial charge on any atom is 0.0623 e. The van der Waals surface area contributed by atoms with Crippen molar-refractivity contribution in [3.8, 4) is 0 Å². The van der Waals surface area contributed by atoms with Gasteiger partial charge in [-0.2, -0.15) is 0 Å². The van der Waals surface area contributed by atoms with Crippen molar-refractivity contribution in [1.29, 1.82) is 0 Å². The molecule has 4 heteroatoms. The number of halogens is 1. The number of benzene rings is 1. The number of hydrogen-bond donors (Lipinski definition) is 1. The lowest BCUT2D eigenvalue weighted by Crippen LogP contribution is -2.34. The molecule has 120 valence electrons. The second-order valence-corrected chi connectivity index (χ2v) is 7.93. The fraction of sp³-hybridized carbons (Fsp3) is 0.647. The molecule has 0 saturated carbocycles. The molecule has 0 spiro atoms. The second-order valence-electron chi connectivity index (χ2n) is 5.92. The van der Waals surface area contributed by atoms with Gasteiger partial charge in [0, 0.05) is 28.3 Å². The van der Waals surface area contributed by atoms with Crippen LogP contribution in [0.15, 0.2) is 33.6 Å². The van der Waals surface area contributed by atoms with Gasteiger partial charge in [0.1, 0.15) is 0 Å². The molecule has 0 radical (unpaired) electrons. The Morgan fingerprint density at radius 1 is 1.29 bits per heavy atom. The zero-order valence-electron chi connectivity index (χ0n) is 13.6. The molecule has 0 fully saturated rings. The molecule has 1 unspecified atom stereocenters. The molecule has 0 bridgehead atoms. The van der Waals surface area contributed by atoms with Crippen molar-refractivity contribution in [2.75, 3.05) is 19.4 Å². The minimum absolute atomic E-state index is 0.0333. The fourth-order valence-corrected chi connectivity index (χ4v) is 3.22. The van der Waals surface area contributed by atoms with Gasteiger partial charge >= 0.3 is 0 Å². The maximum atomic E-state index is 5.53. The van der Waals surface area contributed by atoms with E-state index in [0.29, 0.717) is 6.04 Å². The summed E-state index contributed by atoms with van der Waals surface area (Å²) in [5.74, 6) is 1.10. The Balaban J connectivity index is 2.47. The van der Waals surface area contributed by atoms with E-state index in [4.69, 9.17) is 4.74 Å². The lowest BCUT2D eigenvalue weighted by molar-refractivity contribution is 0.0122. The van der Waals surface area contributed by atoms with Crippen LogP contribution in [-0.4, -0.2) is 31.1 Å². The number of thioether (sulfide) groups is 1. The zero-order chi connectivity index (χ0) is 15.7. The van der Waals surface area contributed by atoms with Crippen LogP contribution in [-0.2, 0) is 4.74 Å². The van der Waals surface area contributed by atoms with Crippen LogP contribution < -0.4 is 5.32 Å². The van der Waals surface area contributed by atoms with Gasteiger partial charge < -0.3 is 10.1 Å². The first-order valence-corrected chi connectivity index (χ1v) is 9.41. The van der Waals surface area contributed by atoms with E-state index in [-0.39, 0.29) is 5.60 Å². The van der Waals surface area contributed by atoms with Gasteiger partial charge in [0.25, 0.3) is 0 Å². The molecule has 21 heavy (non-hydrogen) atoms. The molecule has 1 N–H and O–H groups in total. The number of methoxy groups -OCH3 is 1. The van der Waals surface area contributed by atoms with Gasteiger partial charge in [-0.1, -0.05) is 22.9 Å². The van der Waals surface area contributed by atoms with Gasteiger partial charge in [-0.3, -0.25) is 0 Å². The largest absolute Gasteiger partial charge is 0.379 e.